The maximum Gasteiger partial charge on any atom is 0.319 e. The topological polar surface area (TPSA) is 86.2 Å². The average molecular weight is 438 g/mol. The summed E-state index contributed by atoms with van der Waals surface area (Å²) in [4.78, 5) is 33.8. The Balaban J connectivity index is 1.91. The lowest BCUT2D eigenvalue weighted by atomic mass is 10.2. The smallest absolute Gasteiger partial charge is 0.319 e. The molecule has 0 fully saturated rings. The fraction of sp³-hybridized carbons (Fsp3) is 0.261. The van der Waals surface area contributed by atoms with Gasteiger partial charge in [0.1, 0.15) is 22.0 Å². The van der Waals surface area contributed by atoms with Crippen LogP contribution in [0.3, 0.4) is 0 Å². The number of ether oxygens (including phenoxy) is 2. The Morgan fingerprint density at radius 3 is 2.58 bits per heavy atom. The van der Waals surface area contributed by atoms with Crippen LogP contribution >= 0.6 is 11.8 Å². The third-order valence-electron chi connectivity index (χ3n) is 4.80. The highest BCUT2D eigenvalue weighted by molar-refractivity contribution is 8.00. The van der Waals surface area contributed by atoms with Crippen molar-refractivity contribution in [2.24, 2.45) is 0 Å². The number of carbonyl (C=O) groups excluding carboxylic acids is 1. The molecule has 1 N–H and O–H groups in total. The van der Waals surface area contributed by atoms with E-state index in [1.165, 1.54) is 16.3 Å². The molecule has 0 aliphatic rings. The number of para-hydroxylation sites is 1. The number of aromatic amines is 1. The van der Waals surface area contributed by atoms with Crippen LogP contribution in [-0.2, 0) is 9.53 Å². The van der Waals surface area contributed by atoms with Crippen LogP contribution in [0.5, 0.6) is 5.75 Å². The number of thioether (sulfide) groups is 1. The van der Waals surface area contributed by atoms with Gasteiger partial charge in [0, 0.05) is 10.9 Å². The first kappa shape index (κ1) is 21.0. The average Bonchev–Trinajstić information content (AvgIpc) is 3.14. The molecule has 8 heteroatoms. The van der Waals surface area contributed by atoms with E-state index in [4.69, 9.17) is 14.5 Å². The van der Waals surface area contributed by atoms with Crippen molar-refractivity contribution in [1.82, 2.24) is 14.5 Å². The number of aromatic nitrogens is 3. The molecule has 2 heterocycles. The first-order valence-corrected chi connectivity index (χ1v) is 11.0. The summed E-state index contributed by atoms with van der Waals surface area (Å²) in [6.07, 6.45) is 0. The van der Waals surface area contributed by atoms with E-state index in [2.05, 4.69) is 4.98 Å². The molecule has 0 saturated carbocycles. The number of nitrogens with zero attached hydrogens (tertiary/aromatic N) is 2. The second-order valence-corrected chi connectivity index (χ2v) is 8.18. The lowest BCUT2D eigenvalue weighted by Gasteiger charge is -2.15. The maximum atomic E-state index is 13.5. The second kappa shape index (κ2) is 8.85. The zero-order valence-electron chi connectivity index (χ0n) is 17.5. The Labute approximate surface area is 183 Å². The molecule has 31 heavy (non-hydrogen) atoms. The number of benzene rings is 2. The zero-order valence-corrected chi connectivity index (χ0v) is 18.4. The van der Waals surface area contributed by atoms with Gasteiger partial charge in [-0.15, -0.1) is 0 Å². The molecule has 1 unspecified atom stereocenters. The first-order valence-electron chi connectivity index (χ1n) is 10.1. The first-order chi connectivity index (χ1) is 15.0. The van der Waals surface area contributed by atoms with Gasteiger partial charge in [-0.2, -0.15) is 0 Å². The Morgan fingerprint density at radius 2 is 1.87 bits per heavy atom. The van der Waals surface area contributed by atoms with Crippen molar-refractivity contribution in [3.63, 3.8) is 0 Å². The minimum absolute atomic E-state index is 0.232. The molecule has 2 aromatic carbocycles. The van der Waals surface area contributed by atoms with Gasteiger partial charge < -0.3 is 14.5 Å². The Bertz CT molecular complexity index is 1290. The minimum atomic E-state index is -0.525. The second-order valence-electron chi connectivity index (χ2n) is 6.87. The van der Waals surface area contributed by atoms with E-state index in [1.807, 2.05) is 55.5 Å². The van der Waals surface area contributed by atoms with E-state index in [9.17, 15) is 9.59 Å². The molecule has 0 aliphatic carbocycles. The molecule has 160 valence electrons. The van der Waals surface area contributed by atoms with Crippen molar-refractivity contribution in [3.8, 4) is 11.4 Å². The lowest BCUT2D eigenvalue weighted by molar-refractivity contribution is -0.142. The van der Waals surface area contributed by atoms with E-state index in [0.29, 0.717) is 40.8 Å². The van der Waals surface area contributed by atoms with Crippen molar-refractivity contribution in [2.45, 2.75) is 31.2 Å². The molecule has 0 spiro atoms. The number of H-pyrrole nitrogens is 1. The predicted molar refractivity (Wildman–Crippen MR) is 122 cm³/mol. The van der Waals surface area contributed by atoms with Gasteiger partial charge in [0.05, 0.1) is 18.9 Å². The number of hydrogen-bond donors (Lipinski definition) is 1. The van der Waals surface area contributed by atoms with E-state index >= 15 is 0 Å². The Kier molecular flexibility index (Phi) is 5.99. The molecule has 4 rings (SSSR count). The van der Waals surface area contributed by atoms with E-state index in [-0.39, 0.29) is 11.5 Å². The Morgan fingerprint density at radius 1 is 1.13 bits per heavy atom. The fourth-order valence-corrected chi connectivity index (χ4v) is 4.29. The van der Waals surface area contributed by atoms with Crippen LogP contribution in [-0.4, -0.2) is 39.0 Å². The van der Waals surface area contributed by atoms with Crippen LogP contribution in [0.1, 0.15) is 20.8 Å². The van der Waals surface area contributed by atoms with Crippen molar-refractivity contribution < 1.29 is 14.3 Å². The van der Waals surface area contributed by atoms with E-state index in [1.54, 1.807) is 13.8 Å². The number of esters is 1. The predicted octanol–water partition coefficient (Wildman–Crippen LogP) is 4.31. The molecule has 0 amide bonds. The number of fused-ring (bicyclic) bond motifs is 3. The summed E-state index contributed by atoms with van der Waals surface area (Å²) in [6.45, 7) is 6.28. The zero-order chi connectivity index (χ0) is 22.0. The van der Waals surface area contributed by atoms with Crippen molar-refractivity contribution >= 4 is 39.7 Å². The van der Waals surface area contributed by atoms with Gasteiger partial charge in [0.2, 0.25) is 0 Å². The van der Waals surface area contributed by atoms with Crippen LogP contribution in [0.15, 0.2) is 58.5 Å². The molecule has 4 aromatic rings. The summed E-state index contributed by atoms with van der Waals surface area (Å²) in [5, 5.41) is 0.759. The highest BCUT2D eigenvalue weighted by Crippen LogP contribution is 2.29. The normalized spacial score (nSPS) is 12.2. The summed E-state index contributed by atoms with van der Waals surface area (Å²) in [5.41, 5.74) is 2.24. The summed E-state index contributed by atoms with van der Waals surface area (Å²) in [6, 6.07) is 14.9. The molecule has 0 aliphatic heterocycles. The number of rotatable bonds is 7. The van der Waals surface area contributed by atoms with Gasteiger partial charge in [0.25, 0.3) is 5.56 Å². The molecule has 0 bridgehead atoms. The SMILES string of the molecule is CCOC(=O)C(C)Sc1nc2c([nH]c3ccccc32)c(=O)n1-c1ccc(OCC)cc1. The number of hydrogen-bond acceptors (Lipinski definition) is 6. The van der Waals surface area contributed by atoms with Crippen molar-refractivity contribution in [2.75, 3.05) is 13.2 Å². The summed E-state index contributed by atoms with van der Waals surface area (Å²) >= 11 is 1.20. The van der Waals surface area contributed by atoms with Crippen molar-refractivity contribution in [3.05, 3.63) is 58.9 Å². The molecule has 1 atom stereocenters. The minimum Gasteiger partial charge on any atom is -0.494 e. The monoisotopic (exact) mass is 437 g/mol. The standard InChI is InChI=1S/C23H23N3O4S/c1-4-29-16-12-10-15(11-13-16)26-21(27)20-19(17-8-6-7-9-18(17)24-20)25-23(26)31-14(3)22(28)30-5-2/h6-14,24H,4-5H2,1-3H3. The molecular formula is C23H23N3O4S. The molecule has 0 saturated heterocycles. The summed E-state index contributed by atoms with van der Waals surface area (Å²) in [5.74, 6) is 0.368. The summed E-state index contributed by atoms with van der Waals surface area (Å²) in [7, 11) is 0. The van der Waals surface area contributed by atoms with Crippen LogP contribution in [0, 0.1) is 0 Å². The van der Waals surface area contributed by atoms with Gasteiger partial charge in [-0.25, -0.2) is 4.98 Å². The number of nitrogens with one attached hydrogen (secondary N) is 1. The third kappa shape index (κ3) is 4.03. The number of carbonyl (C=O) groups is 1. The third-order valence-corrected chi connectivity index (χ3v) is 5.83. The molecule has 7 nitrogen and oxygen atoms in total. The fourth-order valence-electron chi connectivity index (χ4n) is 3.37. The Hall–Kier alpha value is -3.26. The quantitative estimate of drug-likeness (QED) is 0.263. The van der Waals surface area contributed by atoms with Crippen LogP contribution < -0.4 is 10.3 Å². The van der Waals surface area contributed by atoms with Crippen LogP contribution in [0.4, 0.5) is 0 Å². The highest BCUT2D eigenvalue weighted by Gasteiger charge is 2.22. The summed E-state index contributed by atoms with van der Waals surface area (Å²) < 4.78 is 12.2. The largest absolute Gasteiger partial charge is 0.494 e. The molecular weight excluding hydrogens is 414 g/mol. The van der Waals surface area contributed by atoms with Crippen molar-refractivity contribution in [1.29, 1.82) is 0 Å². The van der Waals surface area contributed by atoms with Gasteiger partial charge in [-0.05, 0) is 51.1 Å². The van der Waals surface area contributed by atoms with Gasteiger partial charge in [-0.1, -0.05) is 30.0 Å². The van der Waals surface area contributed by atoms with Gasteiger partial charge >= 0.3 is 5.97 Å². The maximum absolute atomic E-state index is 13.5. The lowest BCUT2D eigenvalue weighted by Crippen LogP contribution is -2.24. The van der Waals surface area contributed by atoms with Gasteiger partial charge in [-0.3, -0.25) is 14.2 Å². The molecule has 0 radical (unpaired) electrons. The van der Waals surface area contributed by atoms with E-state index < -0.39 is 5.25 Å². The van der Waals surface area contributed by atoms with Gasteiger partial charge in [0.15, 0.2) is 5.16 Å². The van der Waals surface area contributed by atoms with E-state index in [0.717, 1.165) is 10.9 Å². The van der Waals surface area contributed by atoms with Crippen LogP contribution in [0.2, 0.25) is 0 Å². The molecule has 2 aromatic heterocycles. The highest BCUT2D eigenvalue weighted by atomic mass is 32.2. The van der Waals surface area contributed by atoms with Crippen LogP contribution in [0.25, 0.3) is 27.6 Å².